The molecule has 1 aromatic rings. The van der Waals surface area contributed by atoms with Crippen LogP contribution >= 0.6 is 0 Å². The van der Waals surface area contributed by atoms with Crippen molar-refractivity contribution >= 4 is 21.8 Å². The van der Waals surface area contributed by atoms with E-state index in [1.807, 2.05) is 13.8 Å². The number of carbonyl (C=O) groups excluding carboxylic acids is 2. The quantitative estimate of drug-likeness (QED) is 0.656. The largest absolute Gasteiger partial charge is 0.379 e. The van der Waals surface area contributed by atoms with Crippen LogP contribution in [0.2, 0.25) is 0 Å². The maximum Gasteiger partial charge on any atom is 0.254 e. The van der Waals surface area contributed by atoms with Crippen molar-refractivity contribution in [3.8, 4) is 0 Å². The van der Waals surface area contributed by atoms with Crippen molar-refractivity contribution in [1.29, 1.82) is 0 Å². The van der Waals surface area contributed by atoms with Crippen LogP contribution in [0.3, 0.4) is 0 Å². The number of ether oxygens (including phenoxy) is 1. The van der Waals surface area contributed by atoms with Crippen LogP contribution in [-0.2, 0) is 19.6 Å². The SMILES string of the molecule is CCC(C)NC(=O)CCNC(=O)c1cc(S(=O)(=O)N2CCOCC2)ccc1F. The molecule has 0 bridgehead atoms. The van der Waals surface area contributed by atoms with Gasteiger partial charge in [0.2, 0.25) is 15.9 Å². The van der Waals surface area contributed by atoms with E-state index in [0.717, 1.165) is 24.6 Å². The summed E-state index contributed by atoms with van der Waals surface area (Å²) in [4.78, 5) is 23.8. The highest BCUT2D eigenvalue weighted by Crippen LogP contribution is 2.20. The van der Waals surface area contributed by atoms with Gasteiger partial charge in [-0.15, -0.1) is 0 Å². The average Bonchev–Trinajstić information content (AvgIpc) is 2.68. The smallest absolute Gasteiger partial charge is 0.254 e. The molecule has 1 aliphatic rings. The Bertz CT molecular complexity index is 809. The van der Waals surface area contributed by atoms with Gasteiger partial charge in [0.25, 0.3) is 5.91 Å². The second kappa shape index (κ2) is 9.94. The zero-order valence-electron chi connectivity index (χ0n) is 16.0. The first-order valence-corrected chi connectivity index (χ1v) is 10.6. The van der Waals surface area contributed by atoms with Gasteiger partial charge in [0.15, 0.2) is 0 Å². The van der Waals surface area contributed by atoms with Crippen molar-refractivity contribution in [3.05, 3.63) is 29.6 Å². The Balaban J connectivity index is 2.04. The molecule has 28 heavy (non-hydrogen) atoms. The number of nitrogens with zero attached hydrogens (tertiary/aromatic N) is 1. The van der Waals surface area contributed by atoms with Crippen molar-refractivity contribution in [2.75, 3.05) is 32.8 Å². The van der Waals surface area contributed by atoms with Gasteiger partial charge in [-0.3, -0.25) is 9.59 Å². The van der Waals surface area contributed by atoms with E-state index in [-0.39, 0.29) is 61.7 Å². The number of halogens is 1. The minimum absolute atomic E-state index is 0.0149. The standard InChI is InChI=1S/C18H26FN3O5S/c1-3-13(2)21-17(23)6-7-20-18(24)15-12-14(4-5-16(15)19)28(25,26)22-8-10-27-11-9-22/h4-5,12-13H,3,6-11H2,1-2H3,(H,20,24)(H,21,23). The van der Waals surface area contributed by atoms with Crippen LogP contribution in [0.1, 0.15) is 37.0 Å². The highest BCUT2D eigenvalue weighted by molar-refractivity contribution is 7.89. The molecule has 2 N–H and O–H groups in total. The van der Waals surface area contributed by atoms with Crippen LogP contribution < -0.4 is 10.6 Å². The number of benzene rings is 1. The molecule has 0 aliphatic carbocycles. The number of nitrogens with one attached hydrogen (secondary N) is 2. The molecule has 1 unspecified atom stereocenters. The Morgan fingerprint density at radius 2 is 1.96 bits per heavy atom. The van der Waals surface area contributed by atoms with Gasteiger partial charge in [-0.2, -0.15) is 4.31 Å². The summed E-state index contributed by atoms with van der Waals surface area (Å²) < 4.78 is 45.8. The molecule has 1 fully saturated rings. The minimum atomic E-state index is -3.84. The lowest BCUT2D eigenvalue weighted by Crippen LogP contribution is -2.40. The first-order chi connectivity index (χ1) is 13.3. The third kappa shape index (κ3) is 5.73. The number of hydrogen-bond donors (Lipinski definition) is 2. The summed E-state index contributed by atoms with van der Waals surface area (Å²) in [5.41, 5.74) is -0.378. The molecule has 0 spiro atoms. The molecular weight excluding hydrogens is 389 g/mol. The zero-order valence-corrected chi connectivity index (χ0v) is 16.9. The lowest BCUT2D eigenvalue weighted by Gasteiger charge is -2.26. The predicted molar refractivity (Wildman–Crippen MR) is 101 cm³/mol. The van der Waals surface area contributed by atoms with E-state index in [0.29, 0.717) is 0 Å². The van der Waals surface area contributed by atoms with Crippen molar-refractivity contribution in [1.82, 2.24) is 14.9 Å². The summed E-state index contributed by atoms with van der Waals surface area (Å²) in [6, 6.07) is 3.14. The molecule has 1 aliphatic heterocycles. The second-order valence-electron chi connectivity index (χ2n) is 6.54. The number of rotatable bonds is 8. The Kier molecular flexibility index (Phi) is 7.90. The van der Waals surface area contributed by atoms with Crippen LogP contribution in [-0.4, -0.2) is 63.4 Å². The monoisotopic (exact) mass is 415 g/mol. The number of carbonyl (C=O) groups is 2. The molecule has 1 saturated heterocycles. The van der Waals surface area contributed by atoms with E-state index >= 15 is 0 Å². The maximum atomic E-state index is 14.1. The van der Waals surface area contributed by atoms with Crippen LogP contribution in [0.4, 0.5) is 4.39 Å². The number of hydrogen-bond acceptors (Lipinski definition) is 5. The van der Waals surface area contributed by atoms with Crippen molar-refractivity contribution in [3.63, 3.8) is 0 Å². The molecule has 2 rings (SSSR count). The summed E-state index contributed by atoms with van der Waals surface area (Å²) in [6.45, 7) is 4.79. The van der Waals surface area contributed by atoms with Crippen molar-refractivity contribution in [2.45, 2.75) is 37.6 Å². The van der Waals surface area contributed by atoms with Gasteiger partial charge < -0.3 is 15.4 Å². The molecule has 0 radical (unpaired) electrons. The molecule has 8 nitrogen and oxygen atoms in total. The summed E-state index contributed by atoms with van der Waals surface area (Å²) >= 11 is 0. The normalized spacial score (nSPS) is 16.4. The molecule has 0 saturated carbocycles. The average molecular weight is 415 g/mol. The first kappa shape index (κ1) is 22.3. The molecule has 1 aromatic carbocycles. The van der Waals surface area contributed by atoms with Gasteiger partial charge in [-0.05, 0) is 31.5 Å². The third-order valence-corrected chi connectivity index (χ3v) is 6.34. The van der Waals surface area contributed by atoms with Gasteiger partial charge >= 0.3 is 0 Å². The van der Waals surface area contributed by atoms with E-state index < -0.39 is 21.7 Å². The molecule has 10 heteroatoms. The number of amides is 2. The predicted octanol–water partition coefficient (Wildman–Crippen LogP) is 0.881. The molecule has 0 aromatic heterocycles. The molecule has 1 heterocycles. The van der Waals surface area contributed by atoms with E-state index in [1.54, 1.807) is 0 Å². The fourth-order valence-electron chi connectivity index (χ4n) is 2.61. The molecule has 2 amide bonds. The number of morpholine rings is 1. The van der Waals surface area contributed by atoms with Gasteiger partial charge in [0.1, 0.15) is 5.82 Å². The Labute approximate surface area is 164 Å². The summed E-state index contributed by atoms with van der Waals surface area (Å²) in [6.07, 6.45) is 0.831. The van der Waals surface area contributed by atoms with Crippen LogP contribution in [0, 0.1) is 5.82 Å². The Morgan fingerprint density at radius 3 is 2.61 bits per heavy atom. The molecule has 156 valence electrons. The van der Waals surface area contributed by atoms with E-state index in [9.17, 15) is 22.4 Å². The van der Waals surface area contributed by atoms with Gasteiger partial charge in [-0.25, -0.2) is 12.8 Å². The second-order valence-corrected chi connectivity index (χ2v) is 8.48. The summed E-state index contributed by atoms with van der Waals surface area (Å²) in [7, 11) is -3.84. The number of sulfonamides is 1. The van der Waals surface area contributed by atoms with E-state index in [1.165, 1.54) is 4.31 Å². The lowest BCUT2D eigenvalue weighted by molar-refractivity contribution is -0.121. The maximum absolute atomic E-state index is 14.1. The van der Waals surface area contributed by atoms with Gasteiger partial charge in [0, 0.05) is 32.1 Å². The zero-order chi connectivity index (χ0) is 20.7. The van der Waals surface area contributed by atoms with Crippen molar-refractivity contribution in [2.24, 2.45) is 0 Å². The lowest BCUT2D eigenvalue weighted by atomic mass is 10.2. The fraction of sp³-hybridized carbons (Fsp3) is 0.556. The third-order valence-electron chi connectivity index (χ3n) is 4.45. The summed E-state index contributed by atoms with van der Waals surface area (Å²) in [5, 5.41) is 5.21. The first-order valence-electron chi connectivity index (χ1n) is 9.20. The highest BCUT2D eigenvalue weighted by Gasteiger charge is 2.27. The Hall–Kier alpha value is -2.04. The van der Waals surface area contributed by atoms with Gasteiger partial charge in [-0.1, -0.05) is 6.92 Å². The Morgan fingerprint density at radius 1 is 1.29 bits per heavy atom. The topological polar surface area (TPSA) is 105 Å². The van der Waals surface area contributed by atoms with Crippen LogP contribution in [0.25, 0.3) is 0 Å². The van der Waals surface area contributed by atoms with Crippen LogP contribution in [0.5, 0.6) is 0 Å². The van der Waals surface area contributed by atoms with Crippen LogP contribution in [0.15, 0.2) is 23.1 Å². The molecule has 1 atom stereocenters. The van der Waals surface area contributed by atoms with E-state index in [4.69, 9.17) is 4.74 Å². The van der Waals surface area contributed by atoms with E-state index in [2.05, 4.69) is 10.6 Å². The van der Waals surface area contributed by atoms with Crippen molar-refractivity contribution < 1.29 is 27.1 Å². The minimum Gasteiger partial charge on any atom is -0.379 e. The van der Waals surface area contributed by atoms with Gasteiger partial charge in [0.05, 0.1) is 23.7 Å². The molecular formula is C18H26FN3O5S. The summed E-state index contributed by atoms with van der Waals surface area (Å²) in [5.74, 6) is -1.82. The highest BCUT2D eigenvalue weighted by atomic mass is 32.2. The fourth-order valence-corrected chi connectivity index (χ4v) is 4.04.